The zero-order chi connectivity index (χ0) is 17.0. The molecule has 1 aromatic carbocycles. The van der Waals surface area contributed by atoms with Crippen molar-refractivity contribution in [3.05, 3.63) is 60.2 Å². The largest absolute Gasteiger partial charge is 0.334 e. The second-order valence-corrected chi connectivity index (χ2v) is 6.40. The van der Waals surface area contributed by atoms with Crippen LogP contribution in [0.3, 0.4) is 0 Å². The summed E-state index contributed by atoms with van der Waals surface area (Å²) in [5.74, 6) is 0.476. The highest BCUT2D eigenvalue weighted by atomic mass is 32.2. The van der Waals surface area contributed by atoms with Gasteiger partial charge in [-0.1, -0.05) is 23.4 Å². The molecule has 0 bridgehead atoms. The molecule has 3 aromatic rings. The molecule has 0 saturated carbocycles. The van der Waals surface area contributed by atoms with Crippen LogP contribution >= 0.6 is 0 Å². The van der Waals surface area contributed by atoms with Gasteiger partial charge in [0.2, 0.25) is 10.0 Å². The van der Waals surface area contributed by atoms with Crippen LogP contribution < -0.4 is 4.72 Å². The Morgan fingerprint density at radius 2 is 1.96 bits per heavy atom. The molecule has 0 unspecified atom stereocenters. The molecule has 120 valence electrons. The van der Waals surface area contributed by atoms with Crippen LogP contribution in [0.25, 0.3) is 11.5 Å². The number of aromatic nitrogens is 3. The van der Waals surface area contributed by atoms with Crippen molar-refractivity contribution < 1.29 is 12.9 Å². The van der Waals surface area contributed by atoms with Crippen LogP contribution in [-0.2, 0) is 16.6 Å². The number of nitrogens with one attached hydrogen (secondary N) is 1. The summed E-state index contributed by atoms with van der Waals surface area (Å²) in [5, 5.41) is 12.7. The first kappa shape index (κ1) is 15.8. The molecule has 8 nitrogen and oxygen atoms in total. The van der Waals surface area contributed by atoms with E-state index in [1.165, 1.54) is 18.3 Å². The SMILES string of the molecule is N#Cc1ncccc1S(=O)(=O)NCc1noc(-c2ccccc2)n1. The maximum Gasteiger partial charge on any atom is 0.257 e. The van der Waals surface area contributed by atoms with Gasteiger partial charge >= 0.3 is 0 Å². The molecule has 0 radical (unpaired) electrons. The number of nitrogens with zero attached hydrogens (tertiary/aromatic N) is 4. The second kappa shape index (κ2) is 6.57. The third-order valence-electron chi connectivity index (χ3n) is 3.08. The Bertz CT molecular complexity index is 993. The lowest BCUT2D eigenvalue weighted by atomic mass is 10.2. The summed E-state index contributed by atoms with van der Waals surface area (Å²) in [7, 11) is -3.91. The zero-order valence-corrected chi connectivity index (χ0v) is 13.1. The molecule has 0 atom stereocenters. The Kier molecular flexibility index (Phi) is 4.33. The number of hydrogen-bond donors (Lipinski definition) is 1. The van der Waals surface area contributed by atoms with Crippen LogP contribution in [0.2, 0.25) is 0 Å². The lowest BCUT2D eigenvalue weighted by molar-refractivity contribution is 0.421. The van der Waals surface area contributed by atoms with Gasteiger partial charge in [0, 0.05) is 11.8 Å². The average Bonchev–Trinajstić information content (AvgIpc) is 3.10. The van der Waals surface area contributed by atoms with Gasteiger partial charge < -0.3 is 4.52 Å². The number of nitriles is 1. The van der Waals surface area contributed by atoms with Gasteiger partial charge in [0.05, 0.1) is 6.54 Å². The Balaban J connectivity index is 1.76. The highest BCUT2D eigenvalue weighted by molar-refractivity contribution is 7.89. The summed E-state index contributed by atoms with van der Waals surface area (Å²) in [6.07, 6.45) is 1.35. The molecule has 0 aliphatic rings. The van der Waals surface area contributed by atoms with E-state index in [0.29, 0.717) is 5.89 Å². The topological polar surface area (TPSA) is 122 Å². The molecule has 0 spiro atoms. The van der Waals surface area contributed by atoms with Crippen molar-refractivity contribution >= 4 is 10.0 Å². The van der Waals surface area contributed by atoms with Crippen LogP contribution in [0.15, 0.2) is 58.1 Å². The van der Waals surface area contributed by atoms with Crippen molar-refractivity contribution in [2.24, 2.45) is 0 Å². The van der Waals surface area contributed by atoms with Gasteiger partial charge in [0.1, 0.15) is 11.0 Å². The molecule has 0 aliphatic carbocycles. The van der Waals surface area contributed by atoms with E-state index in [1.54, 1.807) is 18.2 Å². The monoisotopic (exact) mass is 341 g/mol. The zero-order valence-electron chi connectivity index (χ0n) is 12.2. The van der Waals surface area contributed by atoms with Crippen molar-refractivity contribution in [2.45, 2.75) is 11.4 Å². The maximum absolute atomic E-state index is 12.3. The van der Waals surface area contributed by atoms with Crippen LogP contribution in [-0.4, -0.2) is 23.5 Å². The second-order valence-electron chi connectivity index (χ2n) is 4.67. The quantitative estimate of drug-likeness (QED) is 0.746. The third-order valence-corrected chi connectivity index (χ3v) is 4.51. The fourth-order valence-electron chi connectivity index (χ4n) is 1.95. The molecule has 24 heavy (non-hydrogen) atoms. The van der Waals surface area contributed by atoms with E-state index in [9.17, 15) is 8.42 Å². The van der Waals surface area contributed by atoms with Gasteiger partial charge in [-0.15, -0.1) is 0 Å². The molecule has 2 heterocycles. The molecule has 0 aliphatic heterocycles. The summed E-state index contributed by atoms with van der Waals surface area (Å²) in [5.41, 5.74) is 0.557. The molecule has 0 fully saturated rings. The Morgan fingerprint density at radius 3 is 2.71 bits per heavy atom. The molecule has 0 amide bonds. The first-order valence-electron chi connectivity index (χ1n) is 6.83. The molecule has 2 aromatic heterocycles. The third kappa shape index (κ3) is 3.29. The lowest BCUT2D eigenvalue weighted by Crippen LogP contribution is -2.24. The van der Waals surface area contributed by atoms with Gasteiger partial charge in [-0.25, -0.2) is 18.1 Å². The first-order valence-corrected chi connectivity index (χ1v) is 8.31. The van der Waals surface area contributed by atoms with Crippen molar-refractivity contribution in [2.75, 3.05) is 0 Å². The summed E-state index contributed by atoms with van der Waals surface area (Å²) < 4.78 is 32.0. The van der Waals surface area contributed by atoms with E-state index in [1.807, 2.05) is 18.2 Å². The van der Waals surface area contributed by atoms with Gasteiger partial charge in [-0.2, -0.15) is 10.2 Å². The summed E-state index contributed by atoms with van der Waals surface area (Å²) in [6.45, 7) is -0.168. The Morgan fingerprint density at radius 1 is 1.17 bits per heavy atom. The van der Waals surface area contributed by atoms with Crippen LogP contribution in [0.1, 0.15) is 11.5 Å². The van der Waals surface area contributed by atoms with Crippen molar-refractivity contribution in [1.82, 2.24) is 19.8 Å². The summed E-state index contributed by atoms with van der Waals surface area (Å²) in [4.78, 5) is 7.67. The minimum atomic E-state index is -3.91. The van der Waals surface area contributed by atoms with Crippen molar-refractivity contribution in [3.8, 4) is 17.5 Å². The first-order chi connectivity index (χ1) is 11.6. The van der Waals surface area contributed by atoms with E-state index in [-0.39, 0.29) is 23.0 Å². The van der Waals surface area contributed by atoms with Gasteiger partial charge in [-0.3, -0.25) is 0 Å². The number of benzene rings is 1. The summed E-state index contributed by atoms with van der Waals surface area (Å²) >= 11 is 0. The standard InChI is InChI=1S/C15H11N5O3S/c16-9-12-13(7-4-8-17-12)24(21,22)18-10-14-19-15(23-20-14)11-5-2-1-3-6-11/h1-8,18H,10H2. The van der Waals surface area contributed by atoms with Gasteiger partial charge in [0.25, 0.3) is 5.89 Å². The molecular formula is C15H11N5O3S. The Hall–Kier alpha value is -3.09. The van der Waals surface area contributed by atoms with E-state index in [4.69, 9.17) is 9.78 Å². The minimum Gasteiger partial charge on any atom is -0.334 e. The van der Waals surface area contributed by atoms with E-state index >= 15 is 0 Å². The maximum atomic E-state index is 12.3. The average molecular weight is 341 g/mol. The molecular weight excluding hydrogens is 330 g/mol. The highest BCUT2D eigenvalue weighted by Gasteiger charge is 2.20. The normalized spacial score (nSPS) is 11.1. The predicted molar refractivity (Wildman–Crippen MR) is 82.7 cm³/mol. The smallest absolute Gasteiger partial charge is 0.257 e. The van der Waals surface area contributed by atoms with Gasteiger partial charge in [-0.05, 0) is 24.3 Å². The molecule has 0 saturated heterocycles. The minimum absolute atomic E-state index is 0.168. The predicted octanol–water partition coefficient (Wildman–Crippen LogP) is 1.48. The summed E-state index contributed by atoms with van der Waals surface area (Å²) in [6, 6.07) is 13.6. The molecule has 3 rings (SSSR count). The van der Waals surface area contributed by atoms with Crippen LogP contribution in [0.5, 0.6) is 0 Å². The lowest BCUT2D eigenvalue weighted by Gasteiger charge is -2.05. The number of pyridine rings is 1. The van der Waals surface area contributed by atoms with Crippen LogP contribution in [0.4, 0.5) is 0 Å². The van der Waals surface area contributed by atoms with Crippen LogP contribution in [0, 0.1) is 11.3 Å². The highest BCUT2D eigenvalue weighted by Crippen LogP contribution is 2.16. The van der Waals surface area contributed by atoms with Gasteiger partial charge in [0.15, 0.2) is 11.5 Å². The van der Waals surface area contributed by atoms with E-state index in [2.05, 4.69) is 19.8 Å². The van der Waals surface area contributed by atoms with E-state index in [0.717, 1.165) is 5.56 Å². The molecule has 9 heteroatoms. The fraction of sp³-hybridized carbons (Fsp3) is 0.0667. The number of sulfonamides is 1. The molecule has 1 N–H and O–H groups in total. The van der Waals surface area contributed by atoms with Crippen molar-refractivity contribution in [3.63, 3.8) is 0 Å². The fourth-order valence-corrected chi connectivity index (χ4v) is 3.04. The number of rotatable bonds is 5. The number of hydrogen-bond acceptors (Lipinski definition) is 7. The Labute approximate surface area is 137 Å². The van der Waals surface area contributed by atoms with Crippen molar-refractivity contribution in [1.29, 1.82) is 5.26 Å². The van der Waals surface area contributed by atoms with E-state index < -0.39 is 10.0 Å².